The first-order valence-electron chi connectivity index (χ1n) is 5.52. The minimum atomic E-state index is 0.534. The monoisotopic (exact) mass is 206 g/mol. The van der Waals surface area contributed by atoms with E-state index in [9.17, 15) is 0 Å². The van der Waals surface area contributed by atoms with Gasteiger partial charge in [-0.2, -0.15) is 0 Å². The number of hydrogen-bond donors (Lipinski definition) is 1. The molecule has 1 aliphatic carbocycles. The number of nitrogens with two attached hydrogens (primary N) is 1. The summed E-state index contributed by atoms with van der Waals surface area (Å²) in [7, 11) is 2.09. The molecule has 0 radical (unpaired) electrons. The van der Waals surface area contributed by atoms with Crippen molar-refractivity contribution in [1.29, 1.82) is 0 Å². The average molecular weight is 206 g/mol. The van der Waals surface area contributed by atoms with Crippen LogP contribution in [0.15, 0.2) is 18.6 Å². The van der Waals surface area contributed by atoms with Crippen molar-refractivity contribution in [2.75, 3.05) is 18.5 Å². The highest BCUT2D eigenvalue weighted by Crippen LogP contribution is 2.30. The molecule has 2 rings (SSSR count). The van der Waals surface area contributed by atoms with Gasteiger partial charge < -0.3 is 10.6 Å². The molecule has 4 heteroatoms. The fraction of sp³-hybridized carbons (Fsp3) is 0.636. The van der Waals surface area contributed by atoms with Gasteiger partial charge in [0.1, 0.15) is 5.82 Å². The van der Waals surface area contributed by atoms with Crippen LogP contribution in [0.1, 0.15) is 19.3 Å². The summed E-state index contributed by atoms with van der Waals surface area (Å²) in [4.78, 5) is 10.6. The van der Waals surface area contributed by atoms with Gasteiger partial charge in [-0.3, -0.25) is 4.98 Å². The van der Waals surface area contributed by atoms with Gasteiger partial charge in [0.2, 0.25) is 0 Å². The van der Waals surface area contributed by atoms with Gasteiger partial charge in [0, 0.05) is 25.5 Å². The lowest BCUT2D eigenvalue weighted by atomic mass is 10.0. The van der Waals surface area contributed by atoms with Crippen molar-refractivity contribution in [3.8, 4) is 0 Å². The highest BCUT2D eigenvalue weighted by molar-refractivity contribution is 5.36. The van der Waals surface area contributed by atoms with Crippen molar-refractivity contribution in [1.82, 2.24) is 9.97 Å². The fourth-order valence-electron chi connectivity index (χ4n) is 2.45. The van der Waals surface area contributed by atoms with E-state index < -0.39 is 0 Å². The third-order valence-corrected chi connectivity index (χ3v) is 3.33. The molecule has 1 heterocycles. The molecule has 0 bridgehead atoms. The topological polar surface area (TPSA) is 55.0 Å². The Bertz CT molecular complexity index is 301. The maximum absolute atomic E-state index is 5.78. The molecule has 0 aromatic carbocycles. The number of anilines is 1. The van der Waals surface area contributed by atoms with E-state index in [-0.39, 0.29) is 0 Å². The van der Waals surface area contributed by atoms with Gasteiger partial charge in [0.25, 0.3) is 0 Å². The van der Waals surface area contributed by atoms with Crippen LogP contribution < -0.4 is 10.6 Å². The summed E-state index contributed by atoms with van der Waals surface area (Å²) >= 11 is 0. The van der Waals surface area contributed by atoms with Crippen LogP contribution in [0.2, 0.25) is 0 Å². The van der Waals surface area contributed by atoms with E-state index in [1.54, 1.807) is 12.4 Å². The zero-order chi connectivity index (χ0) is 10.7. The van der Waals surface area contributed by atoms with Crippen LogP contribution in [-0.2, 0) is 0 Å². The zero-order valence-corrected chi connectivity index (χ0v) is 9.13. The second-order valence-corrected chi connectivity index (χ2v) is 4.17. The molecule has 0 saturated heterocycles. The van der Waals surface area contributed by atoms with E-state index in [1.807, 2.05) is 6.20 Å². The Kier molecular flexibility index (Phi) is 3.16. The summed E-state index contributed by atoms with van der Waals surface area (Å²) in [6.45, 7) is 0.773. The Morgan fingerprint density at radius 3 is 3.00 bits per heavy atom. The Morgan fingerprint density at radius 2 is 2.33 bits per heavy atom. The summed E-state index contributed by atoms with van der Waals surface area (Å²) in [5.41, 5.74) is 5.78. The van der Waals surface area contributed by atoms with Gasteiger partial charge in [-0.05, 0) is 25.3 Å². The van der Waals surface area contributed by atoms with E-state index in [0.29, 0.717) is 12.0 Å². The largest absolute Gasteiger partial charge is 0.355 e. The molecular formula is C11H18N4. The van der Waals surface area contributed by atoms with Gasteiger partial charge in [-0.1, -0.05) is 6.42 Å². The van der Waals surface area contributed by atoms with Crippen LogP contribution in [-0.4, -0.2) is 29.6 Å². The van der Waals surface area contributed by atoms with Gasteiger partial charge in [0.05, 0.1) is 6.20 Å². The number of hydrogen-bond acceptors (Lipinski definition) is 4. The van der Waals surface area contributed by atoms with E-state index in [4.69, 9.17) is 5.73 Å². The minimum absolute atomic E-state index is 0.534. The van der Waals surface area contributed by atoms with Crippen molar-refractivity contribution < 1.29 is 0 Å². The van der Waals surface area contributed by atoms with Crippen LogP contribution in [0, 0.1) is 5.92 Å². The molecule has 2 unspecified atom stereocenters. The second kappa shape index (κ2) is 4.57. The molecule has 1 saturated carbocycles. The molecular weight excluding hydrogens is 188 g/mol. The highest BCUT2D eigenvalue weighted by atomic mass is 15.2. The summed E-state index contributed by atoms with van der Waals surface area (Å²) in [5, 5.41) is 0. The van der Waals surface area contributed by atoms with E-state index in [1.165, 1.54) is 19.3 Å². The standard InChI is InChI=1S/C11H18N4/c1-15(11-8-13-5-6-14-11)10-4-2-3-9(10)7-12/h5-6,8-10H,2-4,7,12H2,1H3. The molecule has 15 heavy (non-hydrogen) atoms. The summed E-state index contributed by atoms with van der Waals surface area (Å²) < 4.78 is 0. The first-order valence-corrected chi connectivity index (χ1v) is 5.52. The van der Waals surface area contributed by atoms with Crippen molar-refractivity contribution in [3.05, 3.63) is 18.6 Å². The highest BCUT2D eigenvalue weighted by Gasteiger charge is 2.29. The lowest BCUT2D eigenvalue weighted by molar-refractivity contribution is 0.472. The smallest absolute Gasteiger partial charge is 0.147 e. The third kappa shape index (κ3) is 2.09. The molecule has 1 aliphatic rings. The average Bonchev–Trinajstić information content (AvgIpc) is 2.77. The van der Waals surface area contributed by atoms with Gasteiger partial charge in [-0.25, -0.2) is 4.98 Å². The predicted octanol–water partition coefficient (Wildman–Crippen LogP) is 1.04. The molecule has 4 nitrogen and oxygen atoms in total. The predicted molar refractivity (Wildman–Crippen MR) is 60.6 cm³/mol. The molecule has 1 aromatic heterocycles. The van der Waals surface area contributed by atoms with Crippen LogP contribution in [0.3, 0.4) is 0 Å². The second-order valence-electron chi connectivity index (χ2n) is 4.17. The SMILES string of the molecule is CN(c1cnccn1)C1CCCC1CN. The molecule has 2 N–H and O–H groups in total. The summed E-state index contributed by atoms with van der Waals surface area (Å²) in [6.07, 6.45) is 8.98. The van der Waals surface area contributed by atoms with Crippen LogP contribution in [0.5, 0.6) is 0 Å². The van der Waals surface area contributed by atoms with Crippen LogP contribution in [0.4, 0.5) is 5.82 Å². The molecule has 2 atom stereocenters. The summed E-state index contributed by atoms with van der Waals surface area (Å²) in [6, 6.07) is 0.534. The molecule has 0 amide bonds. The van der Waals surface area contributed by atoms with Crippen LogP contribution >= 0.6 is 0 Å². The van der Waals surface area contributed by atoms with E-state index >= 15 is 0 Å². The summed E-state index contributed by atoms with van der Waals surface area (Å²) in [5.74, 6) is 1.56. The molecule has 1 aromatic rings. The van der Waals surface area contributed by atoms with Crippen molar-refractivity contribution in [2.24, 2.45) is 11.7 Å². The lowest BCUT2D eigenvalue weighted by Crippen LogP contribution is -2.38. The van der Waals surface area contributed by atoms with Crippen molar-refractivity contribution in [2.45, 2.75) is 25.3 Å². The molecule has 82 valence electrons. The molecule has 0 aliphatic heterocycles. The van der Waals surface area contributed by atoms with Crippen LogP contribution in [0.25, 0.3) is 0 Å². The minimum Gasteiger partial charge on any atom is -0.355 e. The fourth-order valence-corrected chi connectivity index (χ4v) is 2.45. The lowest BCUT2D eigenvalue weighted by Gasteiger charge is -2.29. The Morgan fingerprint density at radius 1 is 1.47 bits per heavy atom. The first kappa shape index (κ1) is 10.4. The molecule has 0 spiro atoms. The van der Waals surface area contributed by atoms with Gasteiger partial charge in [-0.15, -0.1) is 0 Å². The van der Waals surface area contributed by atoms with Crippen molar-refractivity contribution >= 4 is 5.82 Å². The Balaban J connectivity index is 2.10. The first-order chi connectivity index (χ1) is 7.33. The van der Waals surface area contributed by atoms with E-state index in [0.717, 1.165) is 12.4 Å². The normalized spacial score (nSPS) is 25.5. The quantitative estimate of drug-likeness (QED) is 0.803. The van der Waals surface area contributed by atoms with Gasteiger partial charge in [0.15, 0.2) is 0 Å². The Labute approximate surface area is 90.5 Å². The zero-order valence-electron chi connectivity index (χ0n) is 9.13. The number of rotatable bonds is 3. The maximum Gasteiger partial charge on any atom is 0.147 e. The third-order valence-electron chi connectivity index (χ3n) is 3.33. The van der Waals surface area contributed by atoms with E-state index in [2.05, 4.69) is 21.9 Å². The van der Waals surface area contributed by atoms with Crippen molar-refractivity contribution in [3.63, 3.8) is 0 Å². The van der Waals surface area contributed by atoms with Gasteiger partial charge >= 0.3 is 0 Å². The Hall–Kier alpha value is -1.16. The number of aromatic nitrogens is 2. The molecule has 1 fully saturated rings. The number of nitrogens with zero attached hydrogens (tertiary/aromatic N) is 3. The maximum atomic E-state index is 5.78.